The number of aromatic nitrogens is 2. The maximum absolute atomic E-state index is 13.4. The number of halogens is 1. The highest BCUT2D eigenvalue weighted by atomic mass is 35.5. The minimum absolute atomic E-state index is 0.150. The molecule has 0 aliphatic carbocycles. The van der Waals surface area contributed by atoms with Gasteiger partial charge < -0.3 is 4.90 Å². The van der Waals surface area contributed by atoms with Crippen molar-refractivity contribution in [3.8, 4) is 0 Å². The summed E-state index contributed by atoms with van der Waals surface area (Å²) in [5, 5.41) is 12.1. The van der Waals surface area contributed by atoms with Gasteiger partial charge >= 0.3 is 0 Å². The van der Waals surface area contributed by atoms with E-state index in [0.717, 1.165) is 19.3 Å². The number of nitrogens with zero attached hydrogens (tertiary/aromatic N) is 4. The predicted molar refractivity (Wildman–Crippen MR) is 124 cm³/mol. The van der Waals surface area contributed by atoms with Crippen LogP contribution in [0.3, 0.4) is 0 Å². The molecule has 3 aromatic rings. The molecular weight excluding hydrogens is 432 g/mol. The Balaban J connectivity index is 2.06. The number of fused-ring (bicyclic) bond motifs is 1. The van der Waals surface area contributed by atoms with E-state index in [2.05, 4.69) is 11.9 Å². The number of unbranched alkanes of at least 4 members (excludes halogenated alkanes) is 2. The minimum Gasteiger partial charge on any atom is -0.329 e. The second-order valence-electron chi connectivity index (χ2n) is 7.68. The number of hydrogen-bond acceptors (Lipinski definition) is 5. The fourth-order valence-corrected chi connectivity index (χ4v) is 3.86. The van der Waals surface area contributed by atoms with E-state index in [-0.39, 0.29) is 22.7 Å². The SMILES string of the molecule is CCCCCN(C(=O)c1cccc([N+](=O)[O-])c1)C(C)c1nc2cc(Cl)ccc2c(=O)n1C. The highest BCUT2D eigenvalue weighted by Gasteiger charge is 2.27. The van der Waals surface area contributed by atoms with Gasteiger partial charge in [-0.3, -0.25) is 24.3 Å². The summed E-state index contributed by atoms with van der Waals surface area (Å²) in [5.41, 5.74) is 0.294. The molecule has 0 bridgehead atoms. The van der Waals surface area contributed by atoms with Gasteiger partial charge in [0, 0.05) is 36.3 Å². The number of nitro benzene ring substituents is 1. The Morgan fingerprint density at radius 2 is 2.00 bits per heavy atom. The van der Waals surface area contributed by atoms with Gasteiger partial charge in [-0.05, 0) is 37.6 Å². The average molecular weight is 457 g/mol. The zero-order valence-corrected chi connectivity index (χ0v) is 19.0. The van der Waals surface area contributed by atoms with Crippen LogP contribution in [-0.4, -0.2) is 31.8 Å². The lowest BCUT2D eigenvalue weighted by atomic mass is 10.1. The van der Waals surface area contributed by atoms with E-state index in [4.69, 9.17) is 11.6 Å². The molecule has 168 valence electrons. The van der Waals surface area contributed by atoms with Crippen LogP contribution in [0.15, 0.2) is 47.3 Å². The number of hydrogen-bond donors (Lipinski definition) is 0. The van der Waals surface area contributed by atoms with Gasteiger partial charge in [0.1, 0.15) is 5.82 Å². The van der Waals surface area contributed by atoms with E-state index in [1.807, 2.05) is 0 Å². The first kappa shape index (κ1) is 23.4. The molecule has 8 nitrogen and oxygen atoms in total. The highest BCUT2D eigenvalue weighted by Crippen LogP contribution is 2.25. The van der Waals surface area contributed by atoms with E-state index in [0.29, 0.717) is 28.3 Å². The maximum Gasteiger partial charge on any atom is 0.270 e. The quantitative estimate of drug-likeness (QED) is 0.273. The third kappa shape index (κ3) is 4.80. The van der Waals surface area contributed by atoms with Gasteiger partial charge in [0.2, 0.25) is 0 Å². The van der Waals surface area contributed by atoms with Gasteiger partial charge in [-0.25, -0.2) is 4.98 Å². The molecule has 2 aromatic carbocycles. The number of amides is 1. The summed E-state index contributed by atoms with van der Waals surface area (Å²) in [4.78, 5) is 43.2. The van der Waals surface area contributed by atoms with Crippen molar-refractivity contribution >= 4 is 34.1 Å². The first-order chi connectivity index (χ1) is 15.2. The largest absolute Gasteiger partial charge is 0.329 e. The van der Waals surface area contributed by atoms with Crippen LogP contribution in [0.4, 0.5) is 5.69 Å². The average Bonchev–Trinajstić information content (AvgIpc) is 2.78. The van der Waals surface area contributed by atoms with Crippen molar-refractivity contribution in [3.05, 3.63) is 79.3 Å². The summed E-state index contributed by atoms with van der Waals surface area (Å²) < 4.78 is 1.44. The summed E-state index contributed by atoms with van der Waals surface area (Å²) in [7, 11) is 1.62. The summed E-state index contributed by atoms with van der Waals surface area (Å²) in [5.74, 6) is 0.0674. The molecular formula is C23H25ClN4O4. The van der Waals surface area contributed by atoms with Crippen molar-refractivity contribution in [3.63, 3.8) is 0 Å². The third-order valence-electron chi connectivity index (χ3n) is 5.48. The lowest BCUT2D eigenvalue weighted by Crippen LogP contribution is -2.38. The Labute approximate surface area is 190 Å². The second-order valence-corrected chi connectivity index (χ2v) is 8.12. The molecule has 32 heavy (non-hydrogen) atoms. The summed E-state index contributed by atoms with van der Waals surface area (Å²) in [6.07, 6.45) is 2.65. The Kier molecular flexibility index (Phi) is 7.25. The van der Waals surface area contributed by atoms with Crippen molar-refractivity contribution in [2.75, 3.05) is 6.54 Å². The molecule has 9 heteroatoms. The summed E-state index contributed by atoms with van der Waals surface area (Å²) >= 11 is 6.09. The van der Waals surface area contributed by atoms with E-state index < -0.39 is 11.0 Å². The fourth-order valence-electron chi connectivity index (χ4n) is 3.70. The van der Waals surface area contributed by atoms with Gasteiger partial charge in [-0.15, -0.1) is 0 Å². The van der Waals surface area contributed by atoms with Crippen molar-refractivity contribution in [2.45, 2.75) is 39.2 Å². The molecule has 0 saturated carbocycles. The first-order valence-electron chi connectivity index (χ1n) is 10.5. The van der Waals surface area contributed by atoms with Gasteiger partial charge in [0.05, 0.1) is 21.9 Å². The lowest BCUT2D eigenvalue weighted by molar-refractivity contribution is -0.384. The lowest BCUT2D eigenvalue weighted by Gasteiger charge is -2.30. The Bertz CT molecular complexity index is 1220. The van der Waals surface area contributed by atoms with Gasteiger partial charge in [0.25, 0.3) is 17.2 Å². The molecule has 0 radical (unpaired) electrons. The maximum atomic E-state index is 13.4. The molecule has 1 amide bonds. The highest BCUT2D eigenvalue weighted by molar-refractivity contribution is 6.31. The summed E-state index contributed by atoms with van der Waals surface area (Å²) in [6.45, 7) is 4.30. The predicted octanol–water partition coefficient (Wildman–Crippen LogP) is 4.89. The van der Waals surface area contributed by atoms with E-state index in [1.54, 1.807) is 43.1 Å². The normalized spacial score (nSPS) is 12.0. The number of benzene rings is 2. The van der Waals surface area contributed by atoms with Gasteiger partial charge in [-0.2, -0.15) is 0 Å². The van der Waals surface area contributed by atoms with E-state index in [1.165, 1.54) is 22.8 Å². The molecule has 1 unspecified atom stereocenters. The second kappa shape index (κ2) is 9.91. The fraction of sp³-hybridized carbons (Fsp3) is 0.348. The zero-order valence-electron chi connectivity index (χ0n) is 18.2. The van der Waals surface area contributed by atoms with Crippen molar-refractivity contribution in [1.82, 2.24) is 14.5 Å². The smallest absolute Gasteiger partial charge is 0.270 e. The molecule has 0 spiro atoms. The number of nitro groups is 1. The van der Waals surface area contributed by atoms with Crippen LogP contribution in [-0.2, 0) is 7.05 Å². The number of non-ortho nitro benzene ring substituents is 1. The van der Waals surface area contributed by atoms with Crippen molar-refractivity contribution < 1.29 is 9.72 Å². The monoisotopic (exact) mass is 456 g/mol. The van der Waals surface area contributed by atoms with Gasteiger partial charge in [-0.1, -0.05) is 37.4 Å². The molecule has 0 N–H and O–H groups in total. The summed E-state index contributed by atoms with van der Waals surface area (Å²) in [6, 6.07) is 10.0. The van der Waals surface area contributed by atoms with Crippen LogP contribution >= 0.6 is 11.6 Å². The Hall–Kier alpha value is -3.26. The molecule has 0 saturated heterocycles. The standard InChI is InChI=1S/C23H25ClN4O4/c1-4-5-6-12-27(22(29)16-8-7-9-18(13-16)28(31)32)15(2)21-25-20-14-17(24)10-11-19(20)23(30)26(21)3/h7-11,13-15H,4-6,12H2,1-3H3. The van der Waals surface area contributed by atoms with Crippen molar-refractivity contribution in [2.24, 2.45) is 7.05 Å². The molecule has 0 fully saturated rings. The number of rotatable bonds is 8. The van der Waals surface area contributed by atoms with E-state index in [9.17, 15) is 19.7 Å². The van der Waals surface area contributed by atoms with Crippen LogP contribution in [0.25, 0.3) is 10.9 Å². The van der Waals surface area contributed by atoms with Crippen molar-refractivity contribution in [1.29, 1.82) is 0 Å². The molecule has 1 heterocycles. The van der Waals surface area contributed by atoms with Crippen LogP contribution in [0.5, 0.6) is 0 Å². The van der Waals surface area contributed by atoms with Crippen LogP contribution in [0.2, 0.25) is 5.02 Å². The number of carbonyl (C=O) groups is 1. The Morgan fingerprint density at radius 1 is 1.25 bits per heavy atom. The van der Waals surface area contributed by atoms with Crippen LogP contribution in [0, 0.1) is 10.1 Å². The van der Waals surface area contributed by atoms with Crippen LogP contribution in [0.1, 0.15) is 55.3 Å². The third-order valence-corrected chi connectivity index (χ3v) is 5.72. The van der Waals surface area contributed by atoms with Gasteiger partial charge in [0.15, 0.2) is 0 Å². The molecule has 0 aliphatic heterocycles. The molecule has 0 aliphatic rings. The number of carbonyl (C=O) groups excluding carboxylic acids is 1. The molecule has 1 aromatic heterocycles. The first-order valence-corrected chi connectivity index (χ1v) is 10.8. The topological polar surface area (TPSA) is 98.3 Å². The minimum atomic E-state index is -0.542. The van der Waals surface area contributed by atoms with E-state index >= 15 is 0 Å². The molecule has 3 rings (SSSR count). The molecule has 1 atom stereocenters. The zero-order chi connectivity index (χ0) is 23.4. The van der Waals surface area contributed by atoms with Crippen LogP contribution < -0.4 is 5.56 Å². The Morgan fingerprint density at radius 3 is 2.69 bits per heavy atom.